The minimum Gasteiger partial charge on any atom is -0.465 e. The van der Waals surface area contributed by atoms with Crippen LogP contribution in [0.1, 0.15) is 36.8 Å². The molecule has 1 N–H and O–H groups in total. The summed E-state index contributed by atoms with van der Waals surface area (Å²) < 4.78 is 14.7. The van der Waals surface area contributed by atoms with Crippen LogP contribution < -0.4 is 5.32 Å². The first kappa shape index (κ1) is 22.3. The largest absolute Gasteiger partial charge is 0.465 e. The zero-order valence-corrected chi connectivity index (χ0v) is 18.1. The molecule has 10 heteroatoms. The number of halogens is 2. The van der Waals surface area contributed by atoms with Gasteiger partial charge in [-0.1, -0.05) is 34.4 Å². The summed E-state index contributed by atoms with van der Waals surface area (Å²) in [6.45, 7) is 1.54. The second-order valence-corrected chi connectivity index (χ2v) is 7.07. The highest BCUT2D eigenvalue weighted by molar-refractivity contribution is 6.39. The van der Waals surface area contributed by atoms with E-state index < -0.39 is 17.8 Å². The molecule has 3 aromatic rings. The average Bonchev–Trinajstić information content (AvgIpc) is 3.13. The highest BCUT2D eigenvalue weighted by atomic mass is 35.5. The summed E-state index contributed by atoms with van der Waals surface area (Å²) in [6, 6.07) is 8.89. The van der Waals surface area contributed by atoms with Crippen molar-refractivity contribution in [2.45, 2.75) is 6.92 Å². The van der Waals surface area contributed by atoms with Crippen LogP contribution in [0.25, 0.3) is 11.3 Å². The molecule has 0 radical (unpaired) electrons. The second-order valence-electron chi connectivity index (χ2n) is 6.26. The van der Waals surface area contributed by atoms with Gasteiger partial charge in [0.15, 0.2) is 0 Å². The Morgan fingerprint density at radius 3 is 2.26 bits per heavy atom. The molecule has 8 nitrogen and oxygen atoms in total. The number of benzene rings is 2. The Labute approximate surface area is 187 Å². The molecule has 3 rings (SSSR count). The van der Waals surface area contributed by atoms with Gasteiger partial charge >= 0.3 is 11.9 Å². The van der Waals surface area contributed by atoms with Gasteiger partial charge in [0.1, 0.15) is 17.0 Å². The number of amides is 1. The molecule has 0 atom stereocenters. The van der Waals surface area contributed by atoms with E-state index in [1.807, 2.05) is 0 Å². The van der Waals surface area contributed by atoms with Gasteiger partial charge in [0.25, 0.3) is 5.91 Å². The molecule has 160 valence electrons. The van der Waals surface area contributed by atoms with Crippen molar-refractivity contribution in [2.24, 2.45) is 0 Å². The third-order valence-electron chi connectivity index (χ3n) is 4.38. The van der Waals surface area contributed by atoms with E-state index in [-0.39, 0.29) is 43.9 Å². The molecule has 31 heavy (non-hydrogen) atoms. The van der Waals surface area contributed by atoms with Gasteiger partial charge in [0.2, 0.25) is 0 Å². The Morgan fingerprint density at radius 1 is 1.00 bits per heavy atom. The number of hydrogen-bond donors (Lipinski definition) is 1. The van der Waals surface area contributed by atoms with Crippen molar-refractivity contribution >= 4 is 46.7 Å². The van der Waals surface area contributed by atoms with Crippen LogP contribution in [-0.4, -0.2) is 37.2 Å². The molecule has 0 spiro atoms. The fourth-order valence-corrected chi connectivity index (χ4v) is 3.48. The molecular weight excluding hydrogens is 447 g/mol. The summed E-state index contributed by atoms with van der Waals surface area (Å²) >= 11 is 12.5. The molecule has 0 saturated heterocycles. The van der Waals surface area contributed by atoms with E-state index in [1.165, 1.54) is 32.4 Å². The van der Waals surface area contributed by atoms with Gasteiger partial charge in [-0.25, -0.2) is 9.59 Å². The summed E-state index contributed by atoms with van der Waals surface area (Å²) in [7, 11) is 2.42. The first-order chi connectivity index (χ1) is 14.8. The van der Waals surface area contributed by atoms with E-state index in [0.29, 0.717) is 5.56 Å². The Kier molecular flexibility index (Phi) is 6.62. The number of anilines is 1. The number of aromatic nitrogens is 1. The van der Waals surface area contributed by atoms with Gasteiger partial charge in [-0.15, -0.1) is 0 Å². The number of hydrogen-bond acceptors (Lipinski definition) is 7. The average molecular weight is 463 g/mol. The number of carbonyl (C=O) groups is 3. The molecule has 1 aromatic heterocycles. The van der Waals surface area contributed by atoms with Crippen LogP contribution >= 0.6 is 23.2 Å². The van der Waals surface area contributed by atoms with Crippen LogP contribution in [0.4, 0.5) is 5.69 Å². The van der Waals surface area contributed by atoms with Gasteiger partial charge in [-0.05, 0) is 37.3 Å². The Hall–Kier alpha value is -3.36. The third-order valence-corrected chi connectivity index (χ3v) is 5.01. The molecule has 0 bridgehead atoms. The van der Waals surface area contributed by atoms with Crippen molar-refractivity contribution in [3.05, 3.63) is 68.9 Å². The van der Waals surface area contributed by atoms with Crippen LogP contribution in [-0.2, 0) is 9.47 Å². The lowest BCUT2D eigenvalue weighted by Gasteiger charge is -2.12. The molecule has 0 aliphatic carbocycles. The van der Waals surface area contributed by atoms with Crippen molar-refractivity contribution in [3.8, 4) is 11.3 Å². The molecule has 0 aliphatic rings. The topological polar surface area (TPSA) is 108 Å². The lowest BCUT2D eigenvalue weighted by atomic mass is 10.0. The molecule has 0 unspecified atom stereocenters. The van der Waals surface area contributed by atoms with Gasteiger partial charge in [0, 0.05) is 5.56 Å². The monoisotopic (exact) mass is 462 g/mol. The SMILES string of the molecule is COC(=O)c1ccc(C(=O)OC)c(NC(=O)c2c(-c3c(Cl)cccc3Cl)noc2C)c1. The normalized spacial score (nSPS) is 10.5. The molecule has 1 heterocycles. The quantitative estimate of drug-likeness (QED) is 0.543. The lowest BCUT2D eigenvalue weighted by molar-refractivity contribution is 0.0587. The summed E-state index contributed by atoms with van der Waals surface area (Å²) in [5.41, 5.74) is 0.723. The van der Waals surface area contributed by atoms with Gasteiger partial charge in [-0.3, -0.25) is 4.79 Å². The van der Waals surface area contributed by atoms with Gasteiger partial charge < -0.3 is 19.3 Å². The zero-order valence-electron chi connectivity index (χ0n) is 16.6. The predicted octanol–water partition coefficient (Wildman–Crippen LogP) is 4.78. The van der Waals surface area contributed by atoms with Crippen LogP contribution in [0.15, 0.2) is 40.9 Å². The molecule has 0 saturated carbocycles. The maximum Gasteiger partial charge on any atom is 0.339 e. The second kappa shape index (κ2) is 9.20. The fraction of sp³-hybridized carbons (Fsp3) is 0.143. The van der Waals surface area contributed by atoms with E-state index in [9.17, 15) is 14.4 Å². The summed E-state index contributed by atoms with van der Waals surface area (Å²) in [5, 5.41) is 7.09. The van der Waals surface area contributed by atoms with Crippen molar-refractivity contribution in [1.82, 2.24) is 5.16 Å². The highest BCUT2D eigenvalue weighted by Gasteiger charge is 2.26. The van der Waals surface area contributed by atoms with E-state index in [2.05, 4.69) is 10.5 Å². The lowest BCUT2D eigenvalue weighted by Crippen LogP contribution is -2.17. The predicted molar refractivity (Wildman–Crippen MR) is 114 cm³/mol. The van der Waals surface area contributed by atoms with E-state index >= 15 is 0 Å². The number of nitrogens with one attached hydrogen (secondary N) is 1. The van der Waals surface area contributed by atoms with Gasteiger partial charge in [-0.2, -0.15) is 0 Å². The molecule has 0 aliphatic heterocycles. The minimum absolute atomic E-state index is 0.0370. The number of esters is 2. The fourth-order valence-electron chi connectivity index (χ4n) is 2.90. The molecule has 1 amide bonds. The number of rotatable bonds is 5. The number of carbonyl (C=O) groups excluding carboxylic acids is 3. The number of aryl methyl sites for hydroxylation is 1. The van der Waals surface area contributed by atoms with Crippen molar-refractivity contribution in [3.63, 3.8) is 0 Å². The highest BCUT2D eigenvalue weighted by Crippen LogP contribution is 2.37. The molecule has 2 aromatic carbocycles. The first-order valence-corrected chi connectivity index (χ1v) is 9.56. The summed E-state index contributed by atoms with van der Waals surface area (Å²) in [5.74, 6) is -1.80. The number of methoxy groups -OCH3 is 2. The van der Waals surface area contributed by atoms with E-state index in [0.717, 1.165) is 0 Å². The smallest absolute Gasteiger partial charge is 0.339 e. The minimum atomic E-state index is -0.705. The Bertz CT molecular complexity index is 1170. The van der Waals surface area contributed by atoms with Crippen LogP contribution in [0.2, 0.25) is 10.0 Å². The maximum absolute atomic E-state index is 13.2. The summed E-state index contributed by atoms with van der Waals surface area (Å²) in [4.78, 5) is 37.2. The van der Waals surface area contributed by atoms with Crippen LogP contribution in [0.3, 0.4) is 0 Å². The van der Waals surface area contributed by atoms with Crippen molar-refractivity contribution in [2.75, 3.05) is 19.5 Å². The Morgan fingerprint density at radius 2 is 1.65 bits per heavy atom. The summed E-state index contributed by atoms with van der Waals surface area (Å²) in [6.07, 6.45) is 0. The van der Waals surface area contributed by atoms with Crippen LogP contribution in [0.5, 0.6) is 0 Å². The number of ether oxygens (including phenoxy) is 2. The Balaban J connectivity index is 2.08. The van der Waals surface area contributed by atoms with Crippen LogP contribution in [0, 0.1) is 6.92 Å². The first-order valence-electron chi connectivity index (χ1n) is 8.81. The third kappa shape index (κ3) is 4.40. The van der Waals surface area contributed by atoms with Crippen molar-refractivity contribution < 1.29 is 28.4 Å². The van der Waals surface area contributed by atoms with E-state index in [4.69, 9.17) is 37.2 Å². The van der Waals surface area contributed by atoms with Crippen molar-refractivity contribution in [1.29, 1.82) is 0 Å². The molecular formula is C21H16Cl2N2O6. The maximum atomic E-state index is 13.2. The number of nitrogens with zero attached hydrogens (tertiary/aromatic N) is 1. The zero-order chi connectivity index (χ0) is 22.7. The van der Waals surface area contributed by atoms with E-state index in [1.54, 1.807) is 25.1 Å². The molecule has 0 fully saturated rings. The standard InChI is InChI=1S/C21H16Cl2N2O6/c1-10-16(18(25-31-10)17-13(22)5-4-6-14(17)23)19(26)24-15-9-11(20(27)29-2)7-8-12(15)21(28)30-3/h4-9H,1-3H3,(H,24,26). The van der Waals surface area contributed by atoms with Gasteiger partial charge in [0.05, 0.1) is 41.1 Å².